The maximum atomic E-state index is 14.5. The normalized spacial score (nSPS) is 32.9. The topological polar surface area (TPSA) is 87.2 Å². The molecule has 2 amide bonds. The van der Waals surface area contributed by atoms with E-state index in [0.717, 1.165) is 38.5 Å². The number of likely N-dealkylation sites (tertiary alicyclic amines) is 1. The fraction of sp³-hybridized carbons (Fsp3) is 0.759. The summed E-state index contributed by atoms with van der Waals surface area (Å²) in [6.45, 7) is 11.0. The fourth-order valence-electron chi connectivity index (χ4n) is 7.31. The van der Waals surface area contributed by atoms with Gasteiger partial charge in [-0.3, -0.25) is 14.4 Å². The van der Waals surface area contributed by atoms with E-state index in [9.17, 15) is 19.5 Å². The van der Waals surface area contributed by atoms with Crippen LogP contribution < -0.4 is 0 Å². The first kappa shape index (κ1) is 28.2. The Morgan fingerprint density at radius 3 is 2.62 bits per heavy atom. The van der Waals surface area contributed by atoms with Crippen LogP contribution in [0.5, 0.6) is 0 Å². The Morgan fingerprint density at radius 2 is 1.95 bits per heavy atom. The molecule has 2 bridgehead atoms. The number of amides is 2. The Labute approximate surface area is 226 Å². The Balaban J connectivity index is 1.67. The average Bonchev–Trinajstić information content (AvgIpc) is 3.49. The number of ether oxygens (including phenoxy) is 1. The van der Waals surface area contributed by atoms with E-state index >= 15 is 0 Å². The van der Waals surface area contributed by atoms with E-state index < -0.39 is 22.6 Å². The van der Waals surface area contributed by atoms with Crippen LogP contribution in [-0.2, 0) is 19.1 Å². The van der Waals surface area contributed by atoms with Gasteiger partial charge in [0.2, 0.25) is 11.8 Å². The number of aliphatic hydroxyl groups excluding tert-OH is 1. The third-order valence-electron chi connectivity index (χ3n) is 8.98. The third-order valence-corrected chi connectivity index (χ3v) is 11.1. The summed E-state index contributed by atoms with van der Waals surface area (Å²) in [6.07, 6.45) is 12.5. The quantitative estimate of drug-likeness (QED) is 0.220. The molecule has 4 rings (SSSR count). The van der Waals surface area contributed by atoms with Gasteiger partial charge in [0.25, 0.3) is 0 Å². The molecule has 0 aromatic carbocycles. The lowest BCUT2D eigenvalue weighted by molar-refractivity contribution is -0.154. The predicted octanol–water partition coefficient (Wildman–Crippen LogP) is 3.95. The standard InChI is InChI=1S/C29H44N2O5S/c1-4-6-12-18-36-28(35)23-22-19-20(3)29(37-22)24(23)26(33)31(16-10-11-17-32)25(29)27(34)30(15-5-2)21-13-8-7-9-14-21/h4-5,20-25,32H,1-2,6-19H2,3H3/t20?,22-,23+,24-,25?,29?/m0/s1. The number of rotatable bonds is 13. The van der Waals surface area contributed by atoms with Gasteiger partial charge < -0.3 is 19.6 Å². The van der Waals surface area contributed by atoms with Gasteiger partial charge in [-0.1, -0.05) is 38.3 Å². The number of carbonyl (C=O) groups is 3. The lowest BCUT2D eigenvalue weighted by Gasteiger charge is -2.43. The van der Waals surface area contributed by atoms with Crippen LogP contribution in [0, 0.1) is 17.8 Å². The zero-order valence-corrected chi connectivity index (χ0v) is 23.1. The molecule has 4 aliphatic rings. The summed E-state index contributed by atoms with van der Waals surface area (Å²) in [7, 11) is 0. The number of unbranched alkanes of at least 4 members (excludes halogenated alkanes) is 2. The van der Waals surface area contributed by atoms with Crippen molar-refractivity contribution in [2.24, 2.45) is 17.8 Å². The summed E-state index contributed by atoms with van der Waals surface area (Å²) >= 11 is 1.70. The maximum Gasteiger partial charge on any atom is 0.310 e. The van der Waals surface area contributed by atoms with Gasteiger partial charge in [-0.15, -0.1) is 24.9 Å². The first-order chi connectivity index (χ1) is 17.9. The van der Waals surface area contributed by atoms with Crippen molar-refractivity contribution in [3.05, 3.63) is 25.3 Å². The lowest BCUT2D eigenvalue weighted by Crippen LogP contribution is -2.59. The van der Waals surface area contributed by atoms with Gasteiger partial charge in [-0.2, -0.15) is 0 Å². The van der Waals surface area contributed by atoms with Crippen LogP contribution in [-0.4, -0.2) is 81.1 Å². The monoisotopic (exact) mass is 532 g/mol. The van der Waals surface area contributed by atoms with Crippen LogP contribution >= 0.6 is 11.8 Å². The summed E-state index contributed by atoms with van der Waals surface area (Å²) in [4.78, 5) is 45.7. The number of nitrogens with zero attached hydrogens (tertiary/aromatic N) is 2. The van der Waals surface area contributed by atoms with Crippen LogP contribution in [0.15, 0.2) is 25.3 Å². The first-order valence-electron chi connectivity index (χ1n) is 14.2. The summed E-state index contributed by atoms with van der Waals surface area (Å²) in [5.41, 5.74) is 0. The SMILES string of the molecule is C=CCCCOC(=O)[C@@H]1[C@@H]2CC(C)C3(S2)C(C(=O)N(CC=C)C2CCCCC2)N(CCCCO)C(=O)[C@H]13. The molecule has 0 aromatic heterocycles. The highest BCUT2D eigenvalue weighted by Gasteiger charge is 2.76. The molecule has 3 heterocycles. The fourth-order valence-corrected chi connectivity index (χ4v) is 9.71. The van der Waals surface area contributed by atoms with Crippen molar-refractivity contribution in [3.8, 4) is 0 Å². The van der Waals surface area contributed by atoms with Gasteiger partial charge in [-0.05, 0) is 50.9 Å². The second kappa shape index (κ2) is 12.4. The highest BCUT2D eigenvalue weighted by atomic mass is 32.2. The van der Waals surface area contributed by atoms with Crippen LogP contribution in [0.25, 0.3) is 0 Å². The minimum Gasteiger partial charge on any atom is -0.465 e. The molecule has 4 fully saturated rings. The molecule has 0 aromatic rings. The van der Waals surface area contributed by atoms with E-state index in [1.165, 1.54) is 6.42 Å². The van der Waals surface area contributed by atoms with Gasteiger partial charge in [0.1, 0.15) is 6.04 Å². The van der Waals surface area contributed by atoms with Crippen LogP contribution in [0.1, 0.15) is 71.1 Å². The largest absolute Gasteiger partial charge is 0.465 e. The number of fused-ring (bicyclic) bond motifs is 1. The predicted molar refractivity (Wildman–Crippen MR) is 146 cm³/mol. The van der Waals surface area contributed by atoms with E-state index in [-0.39, 0.29) is 41.6 Å². The number of hydrogen-bond acceptors (Lipinski definition) is 6. The summed E-state index contributed by atoms with van der Waals surface area (Å²) in [5.74, 6) is -1.31. The van der Waals surface area contributed by atoms with Gasteiger partial charge in [0.05, 0.1) is 23.2 Å². The first-order valence-corrected chi connectivity index (χ1v) is 15.1. The Morgan fingerprint density at radius 1 is 1.19 bits per heavy atom. The van der Waals surface area contributed by atoms with Gasteiger partial charge in [0.15, 0.2) is 0 Å². The highest BCUT2D eigenvalue weighted by molar-refractivity contribution is 8.02. The van der Waals surface area contributed by atoms with E-state index in [1.54, 1.807) is 28.8 Å². The van der Waals surface area contributed by atoms with Crippen LogP contribution in [0.3, 0.4) is 0 Å². The summed E-state index contributed by atoms with van der Waals surface area (Å²) in [5, 5.41) is 9.38. The van der Waals surface area contributed by atoms with Crippen LogP contribution in [0.4, 0.5) is 0 Å². The van der Waals surface area contributed by atoms with E-state index in [0.29, 0.717) is 39.0 Å². The summed E-state index contributed by atoms with van der Waals surface area (Å²) < 4.78 is 5.04. The van der Waals surface area contributed by atoms with E-state index in [2.05, 4.69) is 20.1 Å². The van der Waals surface area contributed by atoms with E-state index in [1.807, 2.05) is 4.90 Å². The summed E-state index contributed by atoms with van der Waals surface area (Å²) in [6, 6.07) is -0.442. The molecule has 1 saturated carbocycles. The number of thioether (sulfide) groups is 1. The number of esters is 1. The van der Waals surface area contributed by atoms with Crippen molar-refractivity contribution >= 4 is 29.5 Å². The molecule has 7 nitrogen and oxygen atoms in total. The highest BCUT2D eigenvalue weighted by Crippen LogP contribution is 2.68. The molecule has 1 aliphatic carbocycles. The lowest BCUT2D eigenvalue weighted by atomic mass is 9.66. The second-order valence-electron chi connectivity index (χ2n) is 11.2. The number of carbonyl (C=O) groups excluding carboxylic acids is 3. The van der Waals surface area contributed by atoms with Crippen molar-refractivity contribution in [3.63, 3.8) is 0 Å². The van der Waals surface area contributed by atoms with E-state index in [4.69, 9.17) is 4.74 Å². The third kappa shape index (κ3) is 5.12. The van der Waals surface area contributed by atoms with Crippen molar-refractivity contribution in [1.29, 1.82) is 0 Å². The molecule has 206 valence electrons. The molecule has 8 heteroatoms. The minimum absolute atomic E-state index is 0.00616. The molecular formula is C29H44N2O5S. The van der Waals surface area contributed by atoms with Crippen molar-refractivity contribution in [2.45, 2.75) is 93.2 Å². The molecule has 37 heavy (non-hydrogen) atoms. The number of aliphatic hydroxyl groups is 1. The van der Waals surface area contributed by atoms with Gasteiger partial charge in [-0.25, -0.2) is 0 Å². The average molecular weight is 533 g/mol. The second-order valence-corrected chi connectivity index (χ2v) is 12.7. The molecule has 6 atom stereocenters. The number of hydrogen-bond donors (Lipinski definition) is 1. The van der Waals surface area contributed by atoms with Gasteiger partial charge >= 0.3 is 5.97 Å². The van der Waals surface area contributed by atoms with Crippen molar-refractivity contribution < 1.29 is 24.2 Å². The number of allylic oxidation sites excluding steroid dienone is 1. The molecule has 0 radical (unpaired) electrons. The Hall–Kier alpha value is -1.80. The minimum atomic E-state index is -0.628. The van der Waals surface area contributed by atoms with Crippen molar-refractivity contribution in [1.82, 2.24) is 9.80 Å². The van der Waals surface area contributed by atoms with Crippen LogP contribution in [0.2, 0.25) is 0 Å². The maximum absolute atomic E-state index is 14.5. The zero-order valence-electron chi connectivity index (χ0n) is 22.3. The molecule has 3 saturated heterocycles. The zero-order chi connectivity index (χ0) is 26.6. The molecule has 1 spiro atoms. The smallest absolute Gasteiger partial charge is 0.310 e. The van der Waals surface area contributed by atoms with Gasteiger partial charge in [0, 0.05) is 31.0 Å². The Kier molecular flexibility index (Phi) is 9.43. The van der Waals surface area contributed by atoms with Crippen molar-refractivity contribution in [2.75, 3.05) is 26.3 Å². The molecule has 3 aliphatic heterocycles. The Bertz CT molecular complexity index is 874. The molecule has 3 unspecified atom stereocenters. The molecular weight excluding hydrogens is 488 g/mol. The molecule has 1 N–H and O–H groups in total.